The maximum atomic E-state index is 11.6. The molecule has 0 spiro atoms. The third-order valence-electron chi connectivity index (χ3n) is 1.83. The molecule has 0 bridgehead atoms. The lowest BCUT2D eigenvalue weighted by Gasteiger charge is -2.22. The highest BCUT2D eigenvalue weighted by Gasteiger charge is 2.31. The van der Waals surface area contributed by atoms with Crippen molar-refractivity contribution in [2.45, 2.75) is 41.5 Å². The average Bonchev–Trinajstić information content (AvgIpc) is 1.97. The SMILES string of the molecule is CC(C)(C)C(=O)C(O)=C(O)C(C)(C)C. The summed E-state index contributed by atoms with van der Waals surface area (Å²) in [4.78, 5) is 11.6. The number of ketones is 1. The second-order valence-corrected chi connectivity index (χ2v) is 5.53. The largest absolute Gasteiger partial charge is 0.508 e. The molecule has 0 unspecified atom stereocenters. The van der Waals surface area contributed by atoms with Crippen LogP contribution >= 0.6 is 0 Å². The molecule has 0 fully saturated rings. The quantitative estimate of drug-likeness (QED) is 0.505. The smallest absolute Gasteiger partial charge is 0.205 e. The first kappa shape index (κ1) is 13.0. The van der Waals surface area contributed by atoms with Gasteiger partial charge in [0.2, 0.25) is 5.78 Å². The van der Waals surface area contributed by atoms with E-state index in [9.17, 15) is 15.0 Å². The number of allylic oxidation sites excluding steroid dienone is 2. The van der Waals surface area contributed by atoms with E-state index in [1.165, 1.54) is 0 Å². The van der Waals surface area contributed by atoms with Gasteiger partial charge in [0.1, 0.15) is 5.76 Å². The molecule has 0 heterocycles. The summed E-state index contributed by atoms with van der Waals surface area (Å²) < 4.78 is 0. The van der Waals surface area contributed by atoms with E-state index in [4.69, 9.17) is 0 Å². The zero-order valence-electron chi connectivity index (χ0n) is 9.80. The van der Waals surface area contributed by atoms with Crippen LogP contribution in [0.1, 0.15) is 41.5 Å². The second-order valence-electron chi connectivity index (χ2n) is 5.53. The first-order chi connectivity index (χ1) is 5.98. The summed E-state index contributed by atoms with van der Waals surface area (Å²) in [7, 11) is 0. The van der Waals surface area contributed by atoms with Crippen LogP contribution in [0.4, 0.5) is 0 Å². The van der Waals surface area contributed by atoms with Crippen LogP contribution in [-0.4, -0.2) is 16.0 Å². The molecule has 0 atom stereocenters. The molecule has 0 saturated carbocycles. The molecule has 0 aliphatic rings. The van der Waals surface area contributed by atoms with E-state index in [-0.39, 0.29) is 5.76 Å². The Hall–Kier alpha value is -0.990. The number of rotatable bonds is 1. The van der Waals surface area contributed by atoms with Gasteiger partial charge < -0.3 is 10.2 Å². The molecule has 0 aliphatic carbocycles. The Morgan fingerprint density at radius 2 is 1.21 bits per heavy atom. The Bertz CT molecular complexity index is 261. The van der Waals surface area contributed by atoms with Gasteiger partial charge in [-0.15, -0.1) is 0 Å². The molecule has 0 amide bonds. The molecule has 2 N–H and O–H groups in total. The minimum atomic E-state index is -0.677. The van der Waals surface area contributed by atoms with Gasteiger partial charge in [-0.2, -0.15) is 0 Å². The van der Waals surface area contributed by atoms with Gasteiger partial charge in [0.15, 0.2) is 5.76 Å². The van der Waals surface area contributed by atoms with E-state index in [2.05, 4.69) is 0 Å². The number of hydrogen-bond acceptors (Lipinski definition) is 3. The summed E-state index contributed by atoms with van der Waals surface area (Å²) >= 11 is 0. The topological polar surface area (TPSA) is 57.5 Å². The molecule has 82 valence electrons. The van der Waals surface area contributed by atoms with Crippen LogP contribution in [0.15, 0.2) is 11.5 Å². The van der Waals surface area contributed by atoms with Crippen LogP contribution in [0.25, 0.3) is 0 Å². The number of carbonyl (C=O) groups excluding carboxylic acids is 1. The first-order valence-electron chi connectivity index (χ1n) is 4.65. The molecule has 0 aromatic heterocycles. The lowest BCUT2D eigenvalue weighted by Crippen LogP contribution is -2.25. The van der Waals surface area contributed by atoms with Gasteiger partial charge >= 0.3 is 0 Å². The average molecular weight is 200 g/mol. The molecule has 0 aliphatic heterocycles. The third-order valence-corrected chi connectivity index (χ3v) is 1.83. The van der Waals surface area contributed by atoms with E-state index in [1.54, 1.807) is 41.5 Å². The number of Topliss-reactive ketones (excluding diaryl/α,β-unsaturated/α-hetero) is 1. The van der Waals surface area contributed by atoms with Gasteiger partial charge in [0.05, 0.1) is 0 Å². The molecule has 0 saturated heterocycles. The number of carbonyl (C=O) groups is 1. The van der Waals surface area contributed by atoms with Gasteiger partial charge in [-0.05, 0) is 0 Å². The second kappa shape index (κ2) is 3.64. The van der Waals surface area contributed by atoms with Gasteiger partial charge in [-0.1, -0.05) is 41.5 Å². The molecule has 0 rings (SSSR count). The fourth-order valence-corrected chi connectivity index (χ4v) is 0.818. The molecule has 0 aromatic rings. The number of aliphatic hydroxyl groups excluding tert-OH is 2. The highest BCUT2D eigenvalue weighted by atomic mass is 16.3. The lowest BCUT2D eigenvalue weighted by atomic mass is 9.85. The van der Waals surface area contributed by atoms with Gasteiger partial charge in [0.25, 0.3) is 0 Å². The van der Waals surface area contributed by atoms with Crippen molar-refractivity contribution in [2.75, 3.05) is 0 Å². The maximum absolute atomic E-state index is 11.6. The molecule has 3 heteroatoms. The number of hydrogen-bond donors (Lipinski definition) is 2. The molecular weight excluding hydrogens is 180 g/mol. The normalized spacial score (nSPS) is 15.0. The van der Waals surface area contributed by atoms with E-state index < -0.39 is 22.4 Å². The minimum absolute atomic E-state index is 0.252. The zero-order valence-corrected chi connectivity index (χ0v) is 9.80. The van der Waals surface area contributed by atoms with E-state index in [1.807, 2.05) is 0 Å². The van der Waals surface area contributed by atoms with Gasteiger partial charge in [-0.25, -0.2) is 0 Å². The Balaban J connectivity index is 5.14. The summed E-state index contributed by atoms with van der Waals surface area (Å²) in [6.07, 6.45) is 0. The van der Waals surface area contributed by atoms with Crippen molar-refractivity contribution in [1.82, 2.24) is 0 Å². The molecular formula is C11H20O3. The van der Waals surface area contributed by atoms with Crippen LogP contribution in [0, 0.1) is 10.8 Å². The van der Waals surface area contributed by atoms with Gasteiger partial charge in [0, 0.05) is 10.8 Å². The minimum Gasteiger partial charge on any atom is -0.508 e. The van der Waals surface area contributed by atoms with Crippen molar-refractivity contribution in [1.29, 1.82) is 0 Å². The van der Waals surface area contributed by atoms with Crippen LogP contribution in [0.3, 0.4) is 0 Å². The summed E-state index contributed by atoms with van der Waals surface area (Å²) in [5.41, 5.74) is -1.28. The van der Waals surface area contributed by atoms with Crippen molar-refractivity contribution < 1.29 is 15.0 Å². The highest BCUT2D eigenvalue weighted by Crippen LogP contribution is 2.28. The number of aliphatic hydroxyl groups is 2. The van der Waals surface area contributed by atoms with Gasteiger partial charge in [-0.3, -0.25) is 4.79 Å². The van der Waals surface area contributed by atoms with Crippen LogP contribution in [0.2, 0.25) is 0 Å². The summed E-state index contributed by atoms with van der Waals surface area (Å²) in [6, 6.07) is 0. The highest BCUT2D eigenvalue weighted by molar-refractivity contribution is 5.97. The molecule has 3 nitrogen and oxygen atoms in total. The summed E-state index contributed by atoms with van der Waals surface area (Å²) in [5.74, 6) is -1.22. The van der Waals surface area contributed by atoms with E-state index in [0.29, 0.717) is 0 Å². The predicted octanol–water partition coefficient (Wildman–Crippen LogP) is 2.98. The van der Waals surface area contributed by atoms with Crippen LogP contribution in [-0.2, 0) is 4.79 Å². The predicted molar refractivity (Wildman–Crippen MR) is 56.2 cm³/mol. The maximum Gasteiger partial charge on any atom is 0.205 e. The van der Waals surface area contributed by atoms with Crippen molar-refractivity contribution in [3.8, 4) is 0 Å². The Labute approximate surface area is 85.4 Å². The Morgan fingerprint density at radius 3 is 1.43 bits per heavy atom. The van der Waals surface area contributed by atoms with E-state index in [0.717, 1.165) is 0 Å². The Morgan fingerprint density at radius 1 is 0.857 bits per heavy atom. The van der Waals surface area contributed by atoms with Crippen molar-refractivity contribution in [3.05, 3.63) is 11.5 Å². The first-order valence-corrected chi connectivity index (χ1v) is 4.65. The monoisotopic (exact) mass is 200 g/mol. The van der Waals surface area contributed by atoms with E-state index >= 15 is 0 Å². The third kappa shape index (κ3) is 3.05. The van der Waals surface area contributed by atoms with Crippen molar-refractivity contribution in [3.63, 3.8) is 0 Å². The molecule has 14 heavy (non-hydrogen) atoms. The summed E-state index contributed by atoms with van der Waals surface area (Å²) in [5, 5.41) is 19.1. The van der Waals surface area contributed by atoms with Crippen molar-refractivity contribution in [2.24, 2.45) is 10.8 Å². The zero-order chi connectivity index (χ0) is 11.7. The fourth-order valence-electron chi connectivity index (χ4n) is 0.818. The molecule has 0 aromatic carbocycles. The van der Waals surface area contributed by atoms with Crippen LogP contribution < -0.4 is 0 Å². The standard InChI is InChI=1S/C11H20O3/c1-10(2,3)8(13)7(12)9(14)11(4,5)6/h12-13H,1-6H3. The Kier molecular flexibility index (Phi) is 3.38. The van der Waals surface area contributed by atoms with Crippen molar-refractivity contribution >= 4 is 5.78 Å². The lowest BCUT2D eigenvalue weighted by molar-refractivity contribution is -0.125. The fraction of sp³-hybridized carbons (Fsp3) is 0.727. The summed E-state index contributed by atoms with van der Waals surface area (Å²) in [6.45, 7) is 10.3. The van der Waals surface area contributed by atoms with Crippen LogP contribution in [0.5, 0.6) is 0 Å². The molecule has 0 radical (unpaired) electrons.